The lowest BCUT2D eigenvalue weighted by Gasteiger charge is -2.10. The number of rotatable bonds is 5. The van der Waals surface area contributed by atoms with Gasteiger partial charge in [0.05, 0.1) is 12.6 Å². The summed E-state index contributed by atoms with van der Waals surface area (Å²) in [5, 5.41) is 13.2. The molecule has 0 fully saturated rings. The molecule has 2 rings (SSSR count). The van der Waals surface area contributed by atoms with Crippen LogP contribution in [0.1, 0.15) is 5.76 Å². The van der Waals surface area contributed by atoms with Crippen LogP contribution in [0.2, 0.25) is 0 Å². The van der Waals surface area contributed by atoms with Crippen molar-refractivity contribution in [2.24, 2.45) is 0 Å². The molecule has 0 aliphatic rings. The Morgan fingerprint density at radius 2 is 2.05 bits per heavy atom. The van der Waals surface area contributed by atoms with Crippen molar-refractivity contribution < 1.29 is 27.2 Å². The molecule has 112 valence electrons. The number of hydrogen-bond acceptors (Lipinski definition) is 5. The Kier molecular flexibility index (Phi) is 4.01. The highest BCUT2D eigenvalue weighted by Crippen LogP contribution is 2.25. The maximum Gasteiger partial charge on any atom is 0.573 e. The first-order valence-corrected chi connectivity index (χ1v) is 5.66. The predicted molar refractivity (Wildman–Crippen MR) is 65.8 cm³/mol. The number of hydrogen-bond donors (Lipinski definition) is 1. The molecule has 2 aromatic rings. The fourth-order valence-corrected chi connectivity index (χ4v) is 1.55. The summed E-state index contributed by atoms with van der Waals surface area (Å²) in [5.41, 5.74) is 0.357. The van der Waals surface area contributed by atoms with Gasteiger partial charge in [0.25, 0.3) is 0 Å². The molecular weight excluding hydrogens is 293 g/mol. The van der Waals surface area contributed by atoms with E-state index in [1.807, 2.05) is 0 Å². The molecule has 0 unspecified atom stereocenters. The van der Waals surface area contributed by atoms with Gasteiger partial charge in [-0.05, 0) is 18.2 Å². The highest BCUT2D eigenvalue weighted by molar-refractivity contribution is 5.48. The molecule has 0 amide bonds. The summed E-state index contributed by atoms with van der Waals surface area (Å²) in [6, 6.07) is 7.83. The fraction of sp³-hybridized carbons (Fsp3) is 0.167. The van der Waals surface area contributed by atoms with Crippen LogP contribution in [0.25, 0.3) is 0 Å². The smallest absolute Gasteiger partial charge is 0.406 e. The standard InChI is InChI=1S/C12H9F3N2O4/c13-12(14,15)21-9-3-1-2-8(6-9)16-7-10-4-5-11(20-10)17(18)19/h1-6,16H,7H2. The van der Waals surface area contributed by atoms with Crippen LogP contribution in [-0.4, -0.2) is 11.3 Å². The number of nitrogens with zero attached hydrogens (tertiary/aromatic N) is 1. The Morgan fingerprint density at radius 1 is 1.29 bits per heavy atom. The van der Waals surface area contributed by atoms with Gasteiger partial charge in [-0.1, -0.05) is 6.07 Å². The molecule has 0 radical (unpaired) electrons. The molecule has 6 nitrogen and oxygen atoms in total. The number of halogens is 3. The van der Waals surface area contributed by atoms with Gasteiger partial charge in [-0.3, -0.25) is 10.1 Å². The van der Waals surface area contributed by atoms with Crippen molar-refractivity contribution in [2.45, 2.75) is 12.9 Å². The maximum absolute atomic E-state index is 12.1. The summed E-state index contributed by atoms with van der Waals surface area (Å²) < 4.78 is 44.9. The summed E-state index contributed by atoms with van der Waals surface area (Å²) in [6.07, 6.45) is -4.76. The molecule has 0 aliphatic carbocycles. The van der Waals surface area contributed by atoms with Crippen molar-refractivity contribution in [2.75, 3.05) is 5.32 Å². The van der Waals surface area contributed by atoms with Crippen molar-refractivity contribution in [1.29, 1.82) is 0 Å². The zero-order valence-corrected chi connectivity index (χ0v) is 10.4. The lowest BCUT2D eigenvalue weighted by molar-refractivity contribution is -0.402. The number of ether oxygens (including phenoxy) is 1. The monoisotopic (exact) mass is 302 g/mol. The molecule has 0 saturated carbocycles. The molecule has 9 heteroatoms. The molecule has 1 heterocycles. The third-order valence-corrected chi connectivity index (χ3v) is 2.36. The van der Waals surface area contributed by atoms with Gasteiger partial charge in [-0.25, -0.2) is 0 Å². The third-order valence-electron chi connectivity index (χ3n) is 2.36. The molecule has 1 N–H and O–H groups in total. The maximum atomic E-state index is 12.1. The van der Waals surface area contributed by atoms with Gasteiger partial charge in [-0.15, -0.1) is 13.2 Å². The molecule has 0 bridgehead atoms. The molecule has 21 heavy (non-hydrogen) atoms. The lowest BCUT2D eigenvalue weighted by atomic mass is 10.3. The summed E-state index contributed by atoms with van der Waals surface area (Å²) in [5.74, 6) is -0.484. The molecule has 0 aliphatic heterocycles. The van der Waals surface area contributed by atoms with E-state index in [-0.39, 0.29) is 18.1 Å². The number of nitrogens with one attached hydrogen (secondary N) is 1. The Balaban J connectivity index is 1.99. The third kappa shape index (κ3) is 4.41. The molecule has 1 aromatic heterocycles. The molecular formula is C12H9F3N2O4. The van der Waals surface area contributed by atoms with Crippen LogP contribution < -0.4 is 10.1 Å². The van der Waals surface area contributed by atoms with Gasteiger partial charge < -0.3 is 14.5 Å². The first-order chi connectivity index (χ1) is 9.83. The van der Waals surface area contributed by atoms with Crippen LogP contribution in [0.15, 0.2) is 40.8 Å². The minimum absolute atomic E-state index is 0.0866. The Morgan fingerprint density at radius 3 is 2.67 bits per heavy atom. The zero-order chi connectivity index (χ0) is 15.5. The number of anilines is 1. The molecule has 0 spiro atoms. The van der Waals surface area contributed by atoms with Gasteiger partial charge in [0.1, 0.15) is 16.4 Å². The Labute approximate surface area is 116 Å². The van der Waals surface area contributed by atoms with E-state index in [2.05, 4.69) is 10.1 Å². The number of benzene rings is 1. The predicted octanol–water partition coefficient (Wildman–Crippen LogP) is 3.70. The van der Waals surface area contributed by atoms with E-state index in [0.717, 1.165) is 12.1 Å². The topological polar surface area (TPSA) is 77.5 Å². The van der Waals surface area contributed by atoms with Crippen molar-refractivity contribution in [1.82, 2.24) is 0 Å². The van der Waals surface area contributed by atoms with Gasteiger partial charge >= 0.3 is 12.2 Å². The molecule has 0 saturated heterocycles. The van der Waals surface area contributed by atoms with E-state index >= 15 is 0 Å². The summed E-state index contributed by atoms with van der Waals surface area (Å²) >= 11 is 0. The van der Waals surface area contributed by atoms with Crippen molar-refractivity contribution in [3.8, 4) is 5.75 Å². The average Bonchev–Trinajstić information content (AvgIpc) is 2.83. The Bertz CT molecular complexity index is 639. The SMILES string of the molecule is O=[N+]([O-])c1ccc(CNc2cccc(OC(F)(F)F)c2)o1. The van der Waals surface area contributed by atoms with E-state index in [9.17, 15) is 23.3 Å². The van der Waals surface area contributed by atoms with Gasteiger partial charge in [0.2, 0.25) is 0 Å². The molecule has 0 atom stereocenters. The second-order valence-electron chi connectivity index (χ2n) is 3.93. The first-order valence-electron chi connectivity index (χ1n) is 5.66. The highest BCUT2D eigenvalue weighted by atomic mass is 19.4. The molecule has 1 aromatic carbocycles. The fourth-order valence-electron chi connectivity index (χ4n) is 1.55. The minimum atomic E-state index is -4.76. The number of furan rings is 1. The second-order valence-corrected chi connectivity index (χ2v) is 3.93. The van der Waals surface area contributed by atoms with E-state index in [1.165, 1.54) is 24.3 Å². The van der Waals surface area contributed by atoms with E-state index in [1.54, 1.807) is 0 Å². The second kappa shape index (κ2) is 5.73. The van der Waals surface area contributed by atoms with Crippen molar-refractivity contribution >= 4 is 11.6 Å². The zero-order valence-electron chi connectivity index (χ0n) is 10.4. The van der Waals surface area contributed by atoms with Crippen LogP contribution >= 0.6 is 0 Å². The minimum Gasteiger partial charge on any atom is -0.406 e. The summed E-state index contributed by atoms with van der Waals surface area (Å²) in [7, 11) is 0. The van der Waals surface area contributed by atoms with Gasteiger partial charge in [0, 0.05) is 11.8 Å². The average molecular weight is 302 g/mol. The van der Waals surface area contributed by atoms with Gasteiger partial charge in [0.15, 0.2) is 0 Å². The lowest BCUT2D eigenvalue weighted by Crippen LogP contribution is -2.17. The van der Waals surface area contributed by atoms with Crippen LogP contribution in [0.5, 0.6) is 5.75 Å². The van der Waals surface area contributed by atoms with Crippen molar-refractivity contribution in [3.05, 3.63) is 52.3 Å². The summed E-state index contributed by atoms with van der Waals surface area (Å²) in [4.78, 5) is 9.76. The highest BCUT2D eigenvalue weighted by Gasteiger charge is 2.31. The quantitative estimate of drug-likeness (QED) is 0.673. The van der Waals surface area contributed by atoms with Crippen LogP contribution in [0, 0.1) is 10.1 Å². The number of nitro groups is 1. The van der Waals surface area contributed by atoms with Gasteiger partial charge in [-0.2, -0.15) is 0 Å². The van der Waals surface area contributed by atoms with E-state index < -0.39 is 17.2 Å². The van der Waals surface area contributed by atoms with Crippen LogP contribution in [0.3, 0.4) is 0 Å². The number of alkyl halides is 3. The van der Waals surface area contributed by atoms with Crippen LogP contribution in [-0.2, 0) is 6.54 Å². The normalized spacial score (nSPS) is 11.2. The van der Waals surface area contributed by atoms with E-state index in [4.69, 9.17) is 4.42 Å². The van der Waals surface area contributed by atoms with Crippen LogP contribution in [0.4, 0.5) is 24.7 Å². The summed E-state index contributed by atoms with van der Waals surface area (Å²) in [6.45, 7) is 0.0866. The van der Waals surface area contributed by atoms with Crippen molar-refractivity contribution in [3.63, 3.8) is 0 Å². The first kappa shape index (κ1) is 14.7. The van der Waals surface area contributed by atoms with E-state index in [0.29, 0.717) is 5.69 Å². The Hall–Kier alpha value is -2.71. The largest absolute Gasteiger partial charge is 0.573 e.